The number of unbranched alkanes of at least 4 members (excludes halogenated alkanes) is 4. The number of ketones is 1. The van der Waals surface area contributed by atoms with E-state index >= 15 is 0 Å². The zero-order chi connectivity index (χ0) is 28.6. The number of rotatable bonds is 20. The van der Waals surface area contributed by atoms with Crippen LogP contribution >= 0.6 is 0 Å². The van der Waals surface area contributed by atoms with E-state index in [0.29, 0.717) is 31.1 Å². The maximum atomic E-state index is 12.9. The van der Waals surface area contributed by atoms with Crippen LogP contribution in [0.2, 0.25) is 0 Å². The summed E-state index contributed by atoms with van der Waals surface area (Å²) in [6.45, 7) is 15.0. The lowest BCUT2D eigenvalue weighted by Gasteiger charge is -2.30. The van der Waals surface area contributed by atoms with Gasteiger partial charge in [-0.3, -0.25) is 9.59 Å². The number of ether oxygens (including phenoxy) is 1. The fraction of sp³-hybridized carbons (Fsp3) is 0.765. The number of aliphatic hydroxyl groups is 1. The summed E-state index contributed by atoms with van der Waals surface area (Å²) in [6.07, 6.45) is 21.7. The molecule has 38 heavy (non-hydrogen) atoms. The molecule has 1 N–H and O–H groups in total. The molecule has 0 aromatic heterocycles. The minimum Gasteiger partial charge on any atom is -0.461 e. The third kappa shape index (κ3) is 13.9. The van der Waals surface area contributed by atoms with E-state index in [9.17, 15) is 14.7 Å². The molecule has 4 nitrogen and oxygen atoms in total. The van der Waals surface area contributed by atoms with E-state index in [-0.39, 0.29) is 17.3 Å². The highest BCUT2D eigenvalue weighted by Gasteiger charge is 2.31. The summed E-state index contributed by atoms with van der Waals surface area (Å²) < 4.78 is 5.38. The van der Waals surface area contributed by atoms with Crippen molar-refractivity contribution in [3.05, 3.63) is 35.5 Å². The van der Waals surface area contributed by atoms with Crippen LogP contribution in [-0.4, -0.2) is 29.1 Å². The third-order valence-electron chi connectivity index (χ3n) is 8.09. The van der Waals surface area contributed by atoms with E-state index in [4.69, 9.17) is 4.74 Å². The lowest BCUT2D eigenvalue weighted by atomic mass is 9.73. The zero-order valence-electron chi connectivity index (χ0n) is 25.7. The lowest BCUT2D eigenvalue weighted by Crippen LogP contribution is -2.25. The van der Waals surface area contributed by atoms with Crippen molar-refractivity contribution in [3.8, 4) is 0 Å². The Kier molecular flexibility index (Phi) is 16.1. The molecule has 1 aliphatic rings. The predicted octanol–water partition coefficient (Wildman–Crippen LogP) is 9.07. The second kappa shape index (κ2) is 17.8. The Morgan fingerprint density at radius 2 is 1.74 bits per heavy atom. The number of allylic oxidation sites excluding steroid dienone is 5. The molecule has 0 saturated carbocycles. The van der Waals surface area contributed by atoms with E-state index < -0.39 is 5.60 Å². The van der Waals surface area contributed by atoms with Crippen LogP contribution in [0.5, 0.6) is 0 Å². The average Bonchev–Trinajstić information content (AvgIpc) is 2.83. The molecule has 0 aromatic rings. The normalized spacial score (nSPS) is 18.4. The molecule has 0 fully saturated rings. The smallest absolute Gasteiger partial charge is 0.308 e. The topological polar surface area (TPSA) is 63.6 Å². The molecule has 0 bridgehead atoms. The Balaban J connectivity index is 2.23. The molecular weight excluding hydrogens is 472 g/mol. The van der Waals surface area contributed by atoms with Gasteiger partial charge >= 0.3 is 5.97 Å². The van der Waals surface area contributed by atoms with Gasteiger partial charge in [0.05, 0.1) is 11.5 Å². The van der Waals surface area contributed by atoms with Gasteiger partial charge in [-0.25, -0.2) is 0 Å². The maximum absolute atomic E-state index is 12.9. The molecule has 3 atom stereocenters. The maximum Gasteiger partial charge on any atom is 0.308 e. The summed E-state index contributed by atoms with van der Waals surface area (Å²) in [5.74, 6) is 0.451. The van der Waals surface area contributed by atoms with Gasteiger partial charge in [0.2, 0.25) is 0 Å². The summed E-state index contributed by atoms with van der Waals surface area (Å²) in [7, 11) is 0. The second-order valence-corrected chi connectivity index (χ2v) is 12.7. The Morgan fingerprint density at radius 3 is 2.39 bits per heavy atom. The van der Waals surface area contributed by atoms with E-state index in [1.807, 2.05) is 19.9 Å². The van der Waals surface area contributed by atoms with Crippen molar-refractivity contribution in [3.63, 3.8) is 0 Å². The molecular formula is C34H58O4. The van der Waals surface area contributed by atoms with E-state index in [0.717, 1.165) is 62.5 Å². The van der Waals surface area contributed by atoms with Crippen LogP contribution in [0.15, 0.2) is 35.5 Å². The average molecular weight is 531 g/mol. The van der Waals surface area contributed by atoms with Crippen LogP contribution in [0.3, 0.4) is 0 Å². The standard InChI is InChI=1S/C34H58O4/c1-8-9-10-11-12-13-14-26-38-32(36)29(4)20-17-25-34(7,37)24-15-18-27(2)21-22-30(35)31-28(3)19-16-23-33(31,5)6/h13-14,16,19,27,29,37H,8-12,15,17-18,20-26H2,1-7H3/t27-,29+,34-/m0/s1. The lowest BCUT2D eigenvalue weighted by molar-refractivity contribution is -0.147. The summed E-state index contributed by atoms with van der Waals surface area (Å²) in [5, 5.41) is 10.8. The number of carbonyl (C=O) groups is 2. The van der Waals surface area contributed by atoms with Gasteiger partial charge in [-0.15, -0.1) is 0 Å². The van der Waals surface area contributed by atoms with E-state index in [1.54, 1.807) is 0 Å². The summed E-state index contributed by atoms with van der Waals surface area (Å²) in [5.41, 5.74) is 1.32. The van der Waals surface area contributed by atoms with Gasteiger partial charge in [-0.1, -0.05) is 91.0 Å². The SMILES string of the molecule is CCCCCCC=CCOC(=O)[C@H](C)CCC[C@@](C)(O)CCC[C@H](C)CCC(=O)C1=C(C)C=CCC1(C)C. The van der Waals surface area contributed by atoms with Crippen molar-refractivity contribution in [2.75, 3.05) is 6.61 Å². The van der Waals surface area contributed by atoms with Crippen LogP contribution in [0.1, 0.15) is 138 Å². The predicted molar refractivity (Wildman–Crippen MR) is 160 cm³/mol. The third-order valence-corrected chi connectivity index (χ3v) is 8.09. The molecule has 1 rings (SSSR count). The second-order valence-electron chi connectivity index (χ2n) is 12.7. The molecule has 0 unspecified atom stereocenters. The number of carbonyl (C=O) groups excluding carboxylic acids is 2. The number of esters is 1. The molecule has 1 aliphatic carbocycles. The van der Waals surface area contributed by atoms with Crippen LogP contribution in [0.4, 0.5) is 0 Å². The molecule has 0 amide bonds. The van der Waals surface area contributed by atoms with Crippen molar-refractivity contribution in [1.82, 2.24) is 0 Å². The molecule has 0 heterocycles. The largest absolute Gasteiger partial charge is 0.461 e. The van der Waals surface area contributed by atoms with Gasteiger partial charge in [-0.05, 0) is 82.1 Å². The van der Waals surface area contributed by atoms with Crippen molar-refractivity contribution in [1.29, 1.82) is 0 Å². The first-order valence-corrected chi connectivity index (χ1v) is 15.3. The Hall–Kier alpha value is -1.68. The fourth-order valence-corrected chi connectivity index (χ4v) is 5.50. The van der Waals surface area contributed by atoms with Crippen LogP contribution in [-0.2, 0) is 14.3 Å². The van der Waals surface area contributed by atoms with E-state index in [2.05, 4.69) is 52.8 Å². The zero-order valence-corrected chi connectivity index (χ0v) is 25.7. The van der Waals surface area contributed by atoms with E-state index in [1.165, 1.54) is 25.7 Å². The van der Waals surface area contributed by atoms with Gasteiger partial charge in [0.1, 0.15) is 6.61 Å². The van der Waals surface area contributed by atoms with Gasteiger partial charge in [0.15, 0.2) is 5.78 Å². The Labute approximate surface area is 234 Å². The highest BCUT2D eigenvalue weighted by Crippen LogP contribution is 2.38. The van der Waals surface area contributed by atoms with Crippen molar-refractivity contribution in [2.45, 2.75) is 144 Å². The van der Waals surface area contributed by atoms with Crippen molar-refractivity contribution < 1.29 is 19.4 Å². The Bertz CT molecular complexity index is 799. The number of hydrogen-bond donors (Lipinski definition) is 1. The highest BCUT2D eigenvalue weighted by atomic mass is 16.5. The fourth-order valence-electron chi connectivity index (χ4n) is 5.50. The van der Waals surface area contributed by atoms with Crippen molar-refractivity contribution >= 4 is 11.8 Å². The summed E-state index contributed by atoms with van der Waals surface area (Å²) >= 11 is 0. The summed E-state index contributed by atoms with van der Waals surface area (Å²) in [6, 6.07) is 0. The van der Waals surface area contributed by atoms with Crippen LogP contribution in [0.25, 0.3) is 0 Å². The molecule has 4 heteroatoms. The van der Waals surface area contributed by atoms with Gasteiger partial charge in [-0.2, -0.15) is 0 Å². The van der Waals surface area contributed by atoms with Gasteiger partial charge in [0.25, 0.3) is 0 Å². The number of Topliss-reactive ketones (excluding diaryl/α,β-unsaturated/α-hetero) is 1. The first-order chi connectivity index (χ1) is 17.9. The van der Waals surface area contributed by atoms with Crippen LogP contribution < -0.4 is 0 Å². The van der Waals surface area contributed by atoms with Crippen molar-refractivity contribution in [2.24, 2.45) is 17.3 Å². The quantitative estimate of drug-likeness (QED) is 0.0968. The minimum absolute atomic E-state index is 0.0727. The van der Waals surface area contributed by atoms with Gasteiger partial charge < -0.3 is 9.84 Å². The molecule has 0 radical (unpaired) electrons. The Morgan fingerprint density at radius 1 is 1.05 bits per heavy atom. The molecule has 218 valence electrons. The molecule has 0 aromatic carbocycles. The molecule has 0 saturated heterocycles. The monoisotopic (exact) mass is 530 g/mol. The molecule has 0 aliphatic heterocycles. The first kappa shape index (κ1) is 34.3. The first-order valence-electron chi connectivity index (χ1n) is 15.3. The number of hydrogen-bond acceptors (Lipinski definition) is 4. The highest BCUT2D eigenvalue weighted by molar-refractivity contribution is 5.98. The summed E-state index contributed by atoms with van der Waals surface area (Å²) in [4.78, 5) is 25.2. The van der Waals surface area contributed by atoms with Crippen LogP contribution in [0, 0.1) is 17.3 Å². The molecule has 0 spiro atoms. The minimum atomic E-state index is -0.722. The van der Waals surface area contributed by atoms with Gasteiger partial charge in [0, 0.05) is 12.0 Å².